The van der Waals surface area contributed by atoms with Crippen molar-refractivity contribution in [3.8, 4) is 0 Å². The summed E-state index contributed by atoms with van der Waals surface area (Å²) in [6.45, 7) is 3.74. The summed E-state index contributed by atoms with van der Waals surface area (Å²) >= 11 is 0. The summed E-state index contributed by atoms with van der Waals surface area (Å²) in [4.78, 5) is 15.2. The van der Waals surface area contributed by atoms with Crippen LogP contribution in [0.1, 0.15) is 24.3 Å². The lowest BCUT2D eigenvalue weighted by Gasteiger charge is -1.97. The van der Waals surface area contributed by atoms with Gasteiger partial charge in [-0.2, -0.15) is 0 Å². The highest BCUT2D eigenvalue weighted by Crippen LogP contribution is 2.04. The molecule has 1 rings (SSSR count). The van der Waals surface area contributed by atoms with Gasteiger partial charge >= 0.3 is 0 Å². The van der Waals surface area contributed by atoms with Gasteiger partial charge in [-0.05, 0) is 0 Å². The molecule has 0 unspecified atom stereocenters. The van der Waals surface area contributed by atoms with Crippen LogP contribution in [0, 0.1) is 5.92 Å². The van der Waals surface area contributed by atoms with E-state index in [-0.39, 0.29) is 11.7 Å². The molecule has 1 heterocycles. The van der Waals surface area contributed by atoms with Gasteiger partial charge in [0.2, 0.25) is 0 Å². The van der Waals surface area contributed by atoms with Gasteiger partial charge in [0, 0.05) is 19.2 Å². The number of rotatable bonds is 2. The number of carbonyl (C=O) groups is 1. The van der Waals surface area contributed by atoms with Crippen LogP contribution >= 0.6 is 0 Å². The summed E-state index contributed by atoms with van der Waals surface area (Å²) in [7, 11) is 1.85. The SMILES string of the molecule is CC(C)C(=O)c1cn(C)cn1. The van der Waals surface area contributed by atoms with Crippen molar-refractivity contribution in [2.75, 3.05) is 0 Å². The molecule has 60 valence electrons. The van der Waals surface area contributed by atoms with Crippen LogP contribution < -0.4 is 0 Å². The standard InChI is InChI=1S/C8H12N2O/c1-6(2)8(11)7-4-10(3)5-9-7/h4-6H,1-3H3. The Hall–Kier alpha value is -1.12. The highest BCUT2D eigenvalue weighted by Gasteiger charge is 2.11. The number of hydrogen-bond acceptors (Lipinski definition) is 2. The second-order valence-electron chi connectivity index (χ2n) is 2.94. The van der Waals surface area contributed by atoms with Gasteiger partial charge in [-0.3, -0.25) is 4.79 Å². The van der Waals surface area contributed by atoms with Crippen LogP contribution in [0.25, 0.3) is 0 Å². The van der Waals surface area contributed by atoms with Gasteiger partial charge in [0.15, 0.2) is 5.78 Å². The topological polar surface area (TPSA) is 34.9 Å². The van der Waals surface area contributed by atoms with E-state index in [0.717, 1.165) is 0 Å². The molecule has 3 nitrogen and oxygen atoms in total. The van der Waals surface area contributed by atoms with Crippen molar-refractivity contribution in [3.05, 3.63) is 18.2 Å². The van der Waals surface area contributed by atoms with Crippen LogP contribution in [-0.4, -0.2) is 15.3 Å². The number of nitrogens with zero attached hydrogens (tertiary/aromatic N) is 2. The van der Waals surface area contributed by atoms with Crippen LogP contribution in [0.15, 0.2) is 12.5 Å². The number of hydrogen-bond donors (Lipinski definition) is 0. The second-order valence-corrected chi connectivity index (χ2v) is 2.94. The average molecular weight is 152 g/mol. The van der Waals surface area contributed by atoms with Gasteiger partial charge in [0.25, 0.3) is 0 Å². The van der Waals surface area contributed by atoms with Crippen LogP contribution in [0.2, 0.25) is 0 Å². The molecule has 0 saturated carbocycles. The Bertz CT molecular complexity index is 263. The normalized spacial score (nSPS) is 10.5. The van der Waals surface area contributed by atoms with E-state index in [1.165, 1.54) is 0 Å². The second kappa shape index (κ2) is 2.86. The Labute approximate surface area is 66.1 Å². The maximum absolute atomic E-state index is 11.3. The highest BCUT2D eigenvalue weighted by atomic mass is 16.1. The summed E-state index contributed by atoms with van der Waals surface area (Å²) in [5, 5.41) is 0. The average Bonchev–Trinajstić information content (AvgIpc) is 2.34. The Morgan fingerprint density at radius 1 is 1.64 bits per heavy atom. The van der Waals surface area contributed by atoms with Crippen molar-refractivity contribution in [1.82, 2.24) is 9.55 Å². The zero-order valence-electron chi connectivity index (χ0n) is 7.03. The predicted octanol–water partition coefficient (Wildman–Crippen LogP) is 1.26. The molecule has 0 saturated heterocycles. The molecule has 1 aromatic rings. The molecule has 11 heavy (non-hydrogen) atoms. The van der Waals surface area contributed by atoms with E-state index >= 15 is 0 Å². The monoisotopic (exact) mass is 152 g/mol. The molecule has 0 bridgehead atoms. The van der Waals surface area contributed by atoms with Crippen LogP contribution in [0.5, 0.6) is 0 Å². The molecular weight excluding hydrogens is 140 g/mol. The minimum atomic E-state index is 0.0323. The third kappa shape index (κ3) is 1.67. The summed E-state index contributed by atoms with van der Waals surface area (Å²) in [5.41, 5.74) is 0.558. The zero-order chi connectivity index (χ0) is 8.43. The number of imidazole rings is 1. The van der Waals surface area contributed by atoms with Gasteiger partial charge in [-0.1, -0.05) is 13.8 Å². The van der Waals surface area contributed by atoms with Crippen molar-refractivity contribution < 1.29 is 4.79 Å². The van der Waals surface area contributed by atoms with E-state index in [0.29, 0.717) is 5.69 Å². The van der Waals surface area contributed by atoms with E-state index in [2.05, 4.69) is 4.98 Å². The number of carbonyl (C=O) groups excluding carboxylic acids is 1. The Morgan fingerprint density at radius 2 is 2.27 bits per heavy atom. The maximum atomic E-state index is 11.3. The summed E-state index contributed by atoms with van der Waals surface area (Å²) in [6, 6.07) is 0. The molecule has 0 aliphatic heterocycles. The van der Waals surface area contributed by atoms with Crippen LogP contribution in [0.4, 0.5) is 0 Å². The zero-order valence-corrected chi connectivity index (χ0v) is 7.03. The molecular formula is C8H12N2O. The van der Waals surface area contributed by atoms with Crippen molar-refractivity contribution in [2.45, 2.75) is 13.8 Å². The molecule has 0 aliphatic carbocycles. The molecule has 0 atom stereocenters. The van der Waals surface area contributed by atoms with Crippen molar-refractivity contribution >= 4 is 5.78 Å². The van der Waals surface area contributed by atoms with E-state index in [4.69, 9.17) is 0 Å². The van der Waals surface area contributed by atoms with Gasteiger partial charge in [0.05, 0.1) is 6.33 Å². The Balaban J connectivity index is 2.85. The third-order valence-corrected chi connectivity index (χ3v) is 1.48. The quantitative estimate of drug-likeness (QED) is 0.598. The van der Waals surface area contributed by atoms with E-state index in [1.807, 2.05) is 20.9 Å². The molecule has 0 N–H and O–H groups in total. The molecule has 3 heteroatoms. The number of ketones is 1. The summed E-state index contributed by atoms with van der Waals surface area (Å²) in [5.74, 6) is 0.135. The molecule has 0 aliphatic rings. The molecule has 0 fully saturated rings. The van der Waals surface area contributed by atoms with Crippen molar-refractivity contribution in [1.29, 1.82) is 0 Å². The Kier molecular flexibility index (Phi) is 2.08. The van der Waals surface area contributed by atoms with Crippen LogP contribution in [0.3, 0.4) is 0 Å². The van der Waals surface area contributed by atoms with Gasteiger partial charge in [-0.15, -0.1) is 0 Å². The number of aromatic nitrogens is 2. The van der Waals surface area contributed by atoms with E-state index in [1.54, 1.807) is 17.1 Å². The van der Waals surface area contributed by atoms with E-state index in [9.17, 15) is 4.79 Å². The summed E-state index contributed by atoms with van der Waals surface area (Å²) in [6.07, 6.45) is 3.37. The van der Waals surface area contributed by atoms with Gasteiger partial charge < -0.3 is 4.57 Å². The first-order valence-electron chi connectivity index (χ1n) is 3.63. The molecule has 0 spiro atoms. The lowest BCUT2D eigenvalue weighted by atomic mass is 10.1. The molecule has 0 aromatic carbocycles. The van der Waals surface area contributed by atoms with Crippen molar-refractivity contribution in [3.63, 3.8) is 0 Å². The Morgan fingerprint density at radius 3 is 2.64 bits per heavy atom. The van der Waals surface area contributed by atoms with E-state index < -0.39 is 0 Å². The lowest BCUT2D eigenvalue weighted by molar-refractivity contribution is 0.0935. The minimum absolute atomic E-state index is 0.0323. The fourth-order valence-electron chi connectivity index (χ4n) is 0.836. The number of aryl methyl sites for hydroxylation is 1. The summed E-state index contributed by atoms with van der Waals surface area (Å²) < 4.78 is 1.77. The maximum Gasteiger partial charge on any atom is 0.185 e. The molecule has 1 aromatic heterocycles. The van der Waals surface area contributed by atoms with Gasteiger partial charge in [0.1, 0.15) is 5.69 Å². The lowest BCUT2D eigenvalue weighted by Crippen LogP contribution is -2.07. The fraction of sp³-hybridized carbons (Fsp3) is 0.500. The molecule has 0 amide bonds. The smallest absolute Gasteiger partial charge is 0.185 e. The minimum Gasteiger partial charge on any atom is -0.340 e. The first kappa shape index (κ1) is 7.98. The predicted molar refractivity (Wildman–Crippen MR) is 42.4 cm³/mol. The first-order chi connectivity index (χ1) is 5.11. The largest absolute Gasteiger partial charge is 0.340 e. The highest BCUT2D eigenvalue weighted by molar-refractivity contribution is 5.95. The first-order valence-corrected chi connectivity index (χ1v) is 3.63. The third-order valence-electron chi connectivity index (χ3n) is 1.48. The number of Topliss-reactive ketones (excluding diaryl/α,β-unsaturated/α-hetero) is 1. The fourth-order valence-corrected chi connectivity index (χ4v) is 0.836. The van der Waals surface area contributed by atoms with Crippen LogP contribution in [-0.2, 0) is 7.05 Å². The van der Waals surface area contributed by atoms with Crippen molar-refractivity contribution in [2.24, 2.45) is 13.0 Å². The molecule has 0 radical (unpaired) electrons. The van der Waals surface area contributed by atoms with Gasteiger partial charge in [-0.25, -0.2) is 4.98 Å².